The van der Waals surface area contributed by atoms with Gasteiger partial charge in [0.1, 0.15) is 0 Å². The molecular formula is C18H23BN2. The normalized spacial score (nSPS) is 16.5. The monoisotopic (exact) mass is 278 g/mol. The minimum atomic E-state index is 0.561. The Morgan fingerprint density at radius 2 is 1.19 bits per heavy atom. The predicted molar refractivity (Wildman–Crippen MR) is 89.9 cm³/mol. The highest BCUT2D eigenvalue weighted by Crippen LogP contribution is 2.20. The summed E-state index contributed by atoms with van der Waals surface area (Å²) in [6.07, 6.45) is 1.18. The van der Waals surface area contributed by atoms with Gasteiger partial charge in [0.25, 0.3) is 0 Å². The van der Waals surface area contributed by atoms with E-state index < -0.39 is 0 Å². The van der Waals surface area contributed by atoms with E-state index >= 15 is 0 Å². The highest BCUT2D eigenvalue weighted by molar-refractivity contribution is 6.53. The number of benzene rings is 2. The molecule has 0 bridgehead atoms. The third kappa shape index (κ3) is 3.55. The summed E-state index contributed by atoms with van der Waals surface area (Å²) in [7, 11) is 0. The lowest BCUT2D eigenvalue weighted by molar-refractivity contribution is 0.458. The zero-order chi connectivity index (χ0) is 14.5. The molecule has 0 saturated carbocycles. The van der Waals surface area contributed by atoms with Crippen LogP contribution in [0.5, 0.6) is 0 Å². The third-order valence-electron chi connectivity index (χ3n) is 4.34. The molecule has 1 fully saturated rings. The summed E-state index contributed by atoms with van der Waals surface area (Å²) in [5, 5.41) is 0. The summed E-state index contributed by atoms with van der Waals surface area (Å²) in [5.41, 5.74) is 2.83. The number of hydrogen-bond donors (Lipinski definition) is 0. The average Bonchev–Trinajstić information content (AvgIpc) is 2.91. The maximum Gasteiger partial charge on any atom is 0.311 e. The molecule has 3 rings (SSSR count). The van der Waals surface area contributed by atoms with Gasteiger partial charge in [0.15, 0.2) is 0 Å². The molecule has 0 atom stereocenters. The summed E-state index contributed by atoms with van der Waals surface area (Å²) >= 11 is 0. The van der Waals surface area contributed by atoms with Crippen molar-refractivity contribution in [1.29, 1.82) is 0 Å². The molecule has 2 nitrogen and oxygen atoms in total. The molecule has 1 aliphatic heterocycles. The summed E-state index contributed by atoms with van der Waals surface area (Å²) in [4.78, 5) is 5.22. The van der Waals surface area contributed by atoms with Crippen LogP contribution in [0.25, 0.3) is 0 Å². The van der Waals surface area contributed by atoms with Crippen LogP contribution in [0, 0.1) is 0 Å². The molecule has 0 N–H and O–H groups in total. The van der Waals surface area contributed by atoms with Gasteiger partial charge in [-0.3, -0.25) is 0 Å². The molecule has 0 aliphatic carbocycles. The number of rotatable bonds is 5. The Bertz CT molecular complexity index is 494. The van der Waals surface area contributed by atoms with Crippen LogP contribution in [-0.4, -0.2) is 29.7 Å². The molecule has 3 heteroatoms. The van der Waals surface area contributed by atoms with Crippen LogP contribution in [0.2, 0.25) is 6.32 Å². The molecule has 2 aromatic carbocycles. The van der Waals surface area contributed by atoms with Crippen molar-refractivity contribution in [1.82, 2.24) is 9.62 Å². The third-order valence-corrected chi connectivity index (χ3v) is 4.34. The minimum absolute atomic E-state index is 0.561. The van der Waals surface area contributed by atoms with E-state index in [1.54, 1.807) is 0 Å². The second-order valence-corrected chi connectivity index (χ2v) is 5.80. The topological polar surface area (TPSA) is 6.48 Å². The van der Waals surface area contributed by atoms with E-state index in [1.165, 1.54) is 30.5 Å². The molecule has 2 aromatic rings. The molecule has 0 amide bonds. The average molecular weight is 278 g/mol. The van der Waals surface area contributed by atoms with Gasteiger partial charge >= 0.3 is 6.98 Å². The van der Waals surface area contributed by atoms with Gasteiger partial charge in [-0.25, -0.2) is 0 Å². The van der Waals surface area contributed by atoms with Crippen molar-refractivity contribution in [3.05, 3.63) is 71.8 Å². The van der Waals surface area contributed by atoms with Crippen molar-refractivity contribution in [2.24, 2.45) is 0 Å². The summed E-state index contributed by atoms with van der Waals surface area (Å²) in [5.74, 6) is 0. The molecule has 0 radical (unpaired) electrons. The fourth-order valence-corrected chi connectivity index (χ4v) is 3.31. The Morgan fingerprint density at radius 3 is 1.57 bits per heavy atom. The minimum Gasteiger partial charge on any atom is -0.323 e. The van der Waals surface area contributed by atoms with E-state index in [0.717, 1.165) is 13.1 Å². The fourth-order valence-electron chi connectivity index (χ4n) is 3.31. The second kappa shape index (κ2) is 6.92. The van der Waals surface area contributed by atoms with Crippen LogP contribution >= 0.6 is 0 Å². The molecule has 108 valence electrons. The van der Waals surface area contributed by atoms with Crippen molar-refractivity contribution >= 4 is 6.98 Å². The Hall–Kier alpha value is -1.58. The Morgan fingerprint density at radius 1 is 0.762 bits per heavy atom. The van der Waals surface area contributed by atoms with Crippen molar-refractivity contribution in [2.75, 3.05) is 13.1 Å². The lowest BCUT2D eigenvalue weighted by Gasteiger charge is -2.26. The zero-order valence-electron chi connectivity index (χ0n) is 12.8. The van der Waals surface area contributed by atoms with E-state index in [1.807, 2.05) is 0 Å². The quantitative estimate of drug-likeness (QED) is 0.772. The summed E-state index contributed by atoms with van der Waals surface area (Å²) in [6, 6.07) is 21.6. The molecule has 21 heavy (non-hydrogen) atoms. The highest BCUT2D eigenvalue weighted by atomic mass is 15.3. The van der Waals surface area contributed by atoms with Crippen molar-refractivity contribution in [2.45, 2.75) is 26.3 Å². The molecule has 0 aromatic heterocycles. The van der Waals surface area contributed by atoms with E-state index in [-0.39, 0.29) is 0 Å². The van der Waals surface area contributed by atoms with Crippen LogP contribution in [0.15, 0.2) is 60.7 Å². The van der Waals surface area contributed by atoms with Crippen LogP contribution in [0.3, 0.4) is 0 Å². The van der Waals surface area contributed by atoms with Gasteiger partial charge in [-0.05, 0) is 17.4 Å². The van der Waals surface area contributed by atoms with Crippen molar-refractivity contribution in [3.63, 3.8) is 0 Å². The van der Waals surface area contributed by atoms with Gasteiger partial charge < -0.3 is 9.62 Å². The van der Waals surface area contributed by atoms with Crippen molar-refractivity contribution < 1.29 is 0 Å². The van der Waals surface area contributed by atoms with Gasteiger partial charge in [0.05, 0.1) is 0 Å². The predicted octanol–water partition coefficient (Wildman–Crippen LogP) is 3.51. The van der Waals surface area contributed by atoms with Gasteiger partial charge in [0.2, 0.25) is 0 Å². The maximum absolute atomic E-state index is 2.61. The van der Waals surface area contributed by atoms with Crippen LogP contribution in [0.4, 0.5) is 0 Å². The van der Waals surface area contributed by atoms with E-state index in [2.05, 4.69) is 77.2 Å². The van der Waals surface area contributed by atoms with E-state index in [9.17, 15) is 0 Å². The van der Waals surface area contributed by atoms with Gasteiger partial charge in [0, 0.05) is 26.2 Å². The Labute approximate surface area is 128 Å². The van der Waals surface area contributed by atoms with Crippen LogP contribution < -0.4 is 0 Å². The van der Waals surface area contributed by atoms with Gasteiger partial charge in [-0.15, -0.1) is 0 Å². The SMILES string of the molecule is CCB1N(Cc2ccccc2)CCN1Cc1ccccc1. The van der Waals surface area contributed by atoms with Crippen LogP contribution in [-0.2, 0) is 13.1 Å². The van der Waals surface area contributed by atoms with Crippen molar-refractivity contribution in [3.8, 4) is 0 Å². The number of nitrogens with zero attached hydrogens (tertiary/aromatic N) is 2. The summed E-state index contributed by atoms with van der Waals surface area (Å²) in [6.45, 7) is 7.31. The standard InChI is InChI=1S/C18H23BN2/c1-2-19-20(15-17-9-5-3-6-10-17)13-14-21(19)16-18-11-7-4-8-12-18/h3-12H,2,13-16H2,1H3. The lowest BCUT2D eigenvalue weighted by Crippen LogP contribution is -2.42. The Kier molecular flexibility index (Phi) is 4.74. The molecule has 1 saturated heterocycles. The smallest absolute Gasteiger partial charge is 0.311 e. The first-order chi connectivity index (χ1) is 10.4. The first kappa shape index (κ1) is 14.4. The molecular weight excluding hydrogens is 255 g/mol. The maximum atomic E-state index is 2.61. The Balaban J connectivity index is 1.65. The van der Waals surface area contributed by atoms with E-state index in [4.69, 9.17) is 0 Å². The highest BCUT2D eigenvalue weighted by Gasteiger charge is 2.34. The molecule has 0 spiro atoms. The van der Waals surface area contributed by atoms with Gasteiger partial charge in [-0.2, -0.15) is 0 Å². The molecule has 1 aliphatic rings. The van der Waals surface area contributed by atoms with Crippen LogP contribution in [0.1, 0.15) is 18.1 Å². The number of hydrogen-bond acceptors (Lipinski definition) is 2. The van der Waals surface area contributed by atoms with Gasteiger partial charge in [-0.1, -0.05) is 67.6 Å². The molecule has 1 heterocycles. The second-order valence-electron chi connectivity index (χ2n) is 5.80. The zero-order valence-corrected chi connectivity index (χ0v) is 12.8. The lowest BCUT2D eigenvalue weighted by atomic mass is 9.70. The summed E-state index contributed by atoms with van der Waals surface area (Å²) < 4.78 is 0. The largest absolute Gasteiger partial charge is 0.323 e. The first-order valence-corrected chi connectivity index (χ1v) is 7.93. The molecule has 0 unspecified atom stereocenters. The van der Waals surface area contributed by atoms with E-state index in [0.29, 0.717) is 6.98 Å². The fraction of sp³-hybridized carbons (Fsp3) is 0.333. The first-order valence-electron chi connectivity index (χ1n) is 7.93.